The van der Waals surface area contributed by atoms with E-state index in [-0.39, 0.29) is 0 Å². The highest BCUT2D eigenvalue weighted by Crippen LogP contribution is 2.20. The van der Waals surface area contributed by atoms with Gasteiger partial charge in [0.05, 0.1) is 11.1 Å². The minimum absolute atomic E-state index is 0.346. The molecule has 1 aromatic heterocycles. The van der Waals surface area contributed by atoms with Crippen LogP contribution in [0.25, 0.3) is 10.9 Å². The van der Waals surface area contributed by atoms with E-state index in [9.17, 15) is 5.21 Å². The van der Waals surface area contributed by atoms with Crippen LogP contribution in [0.2, 0.25) is 5.15 Å². The lowest BCUT2D eigenvalue weighted by Gasteiger charge is -2.03. The van der Waals surface area contributed by atoms with Crippen LogP contribution in [-0.4, -0.2) is 23.0 Å². The highest BCUT2D eigenvalue weighted by atomic mass is 35.5. The Bertz CT molecular complexity index is 574. The molecule has 0 fully saturated rings. The van der Waals surface area contributed by atoms with Crippen molar-refractivity contribution in [2.45, 2.75) is 6.92 Å². The van der Waals surface area contributed by atoms with Crippen LogP contribution in [0.4, 0.5) is 0 Å². The minimum atomic E-state index is 0.346. The molecule has 0 bridgehead atoms. The molecule has 2 rings (SSSR count). The van der Waals surface area contributed by atoms with Crippen LogP contribution in [0.5, 0.6) is 0 Å². The lowest BCUT2D eigenvalue weighted by atomic mass is 10.1. The van der Waals surface area contributed by atoms with Gasteiger partial charge in [-0.15, -0.1) is 0 Å². The average Bonchev–Trinajstić information content (AvgIpc) is 2.19. The van der Waals surface area contributed by atoms with Crippen molar-refractivity contribution in [2.75, 3.05) is 7.05 Å². The first-order chi connectivity index (χ1) is 7.56. The number of halogens is 1. The molecule has 0 unspecified atom stereocenters. The highest BCUT2D eigenvalue weighted by molar-refractivity contribution is 6.32. The summed E-state index contributed by atoms with van der Waals surface area (Å²) in [6, 6.07) is 7.78. The van der Waals surface area contributed by atoms with E-state index in [1.807, 2.05) is 31.2 Å². The van der Waals surface area contributed by atoms with E-state index < -0.39 is 0 Å². The van der Waals surface area contributed by atoms with Gasteiger partial charge in [-0.25, -0.2) is 9.72 Å². The van der Waals surface area contributed by atoms with Gasteiger partial charge in [0.1, 0.15) is 12.2 Å². The van der Waals surface area contributed by atoms with Crippen molar-refractivity contribution in [3.05, 3.63) is 45.8 Å². The summed E-state index contributed by atoms with van der Waals surface area (Å²) in [7, 11) is 1.41. The van der Waals surface area contributed by atoms with Crippen LogP contribution in [0.15, 0.2) is 24.3 Å². The van der Waals surface area contributed by atoms with Gasteiger partial charge in [-0.1, -0.05) is 23.2 Å². The molecule has 0 aliphatic carbocycles. The first kappa shape index (κ1) is 10.9. The molecular formula is C12H11ClN2O. The Morgan fingerprint density at radius 2 is 2.12 bits per heavy atom. The molecule has 0 amide bonds. The van der Waals surface area contributed by atoms with Crippen molar-refractivity contribution in [1.29, 1.82) is 0 Å². The highest BCUT2D eigenvalue weighted by Gasteiger charge is 2.05. The summed E-state index contributed by atoms with van der Waals surface area (Å²) in [5.41, 5.74) is 2.62. The third kappa shape index (κ3) is 2.14. The number of rotatable bonds is 1. The maximum Gasteiger partial charge on any atom is 0.184 e. The van der Waals surface area contributed by atoms with Gasteiger partial charge in [0.25, 0.3) is 0 Å². The molecule has 0 saturated carbocycles. The van der Waals surface area contributed by atoms with Crippen LogP contribution in [0.1, 0.15) is 11.1 Å². The van der Waals surface area contributed by atoms with Crippen LogP contribution >= 0.6 is 11.6 Å². The van der Waals surface area contributed by atoms with Crippen molar-refractivity contribution in [2.24, 2.45) is 0 Å². The molecule has 4 heteroatoms. The number of fused-ring (bicyclic) bond motifs is 1. The largest absolute Gasteiger partial charge is 0.624 e. The standard InChI is InChI=1S/C12H11ClN2O/c1-8-3-4-11-9(5-8)6-10(7-15(2)16)12(13)14-11/h3-7H,1-2H3/b15-7-. The van der Waals surface area contributed by atoms with Gasteiger partial charge in [-0.2, -0.15) is 0 Å². The summed E-state index contributed by atoms with van der Waals surface area (Å²) in [6.07, 6.45) is 1.41. The smallest absolute Gasteiger partial charge is 0.184 e. The molecule has 0 saturated heterocycles. The second-order valence-corrected chi connectivity index (χ2v) is 4.10. The fraction of sp³-hybridized carbons (Fsp3) is 0.167. The molecular weight excluding hydrogens is 224 g/mol. The molecule has 0 spiro atoms. The molecule has 1 heterocycles. The number of pyridine rings is 1. The van der Waals surface area contributed by atoms with E-state index in [0.29, 0.717) is 15.5 Å². The van der Waals surface area contributed by atoms with Crippen molar-refractivity contribution >= 4 is 28.7 Å². The summed E-state index contributed by atoms with van der Waals surface area (Å²) in [5, 5.41) is 12.3. The van der Waals surface area contributed by atoms with Gasteiger partial charge in [0.15, 0.2) is 6.21 Å². The summed E-state index contributed by atoms with van der Waals surface area (Å²) in [4.78, 5) is 4.24. The number of hydrogen-bond donors (Lipinski definition) is 0. The van der Waals surface area contributed by atoms with Gasteiger partial charge >= 0.3 is 0 Å². The Hall–Kier alpha value is -1.61. The summed E-state index contributed by atoms with van der Waals surface area (Å²) in [6.45, 7) is 2.01. The summed E-state index contributed by atoms with van der Waals surface area (Å²) in [5.74, 6) is 0. The molecule has 0 N–H and O–H groups in total. The van der Waals surface area contributed by atoms with Crippen LogP contribution in [0.3, 0.4) is 0 Å². The molecule has 2 aromatic rings. The van der Waals surface area contributed by atoms with Gasteiger partial charge in [0.2, 0.25) is 0 Å². The van der Waals surface area contributed by atoms with Gasteiger partial charge in [0, 0.05) is 5.39 Å². The normalized spacial score (nSPS) is 12.1. The zero-order valence-electron chi connectivity index (χ0n) is 9.07. The number of benzene rings is 1. The van der Waals surface area contributed by atoms with Crippen LogP contribution in [-0.2, 0) is 0 Å². The predicted octanol–water partition coefficient (Wildman–Crippen LogP) is 2.76. The zero-order chi connectivity index (χ0) is 11.7. The van der Waals surface area contributed by atoms with E-state index in [1.165, 1.54) is 13.3 Å². The van der Waals surface area contributed by atoms with E-state index in [0.717, 1.165) is 16.5 Å². The van der Waals surface area contributed by atoms with Gasteiger partial charge in [-0.05, 0) is 25.1 Å². The SMILES string of the molecule is Cc1ccc2nc(Cl)c(/C=[N+](/C)[O-])cc2c1. The lowest BCUT2D eigenvalue weighted by Crippen LogP contribution is -1.99. The summed E-state index contributed by atoms with van der Waals surface area (Å²) >= 11 is 5.98. The van der Waals surface area contributed by atoms with Crippen LogP contribution in [0, 0.1) is 12.1 Å². The second kappa shape index (κ2) is 4.10. The Morgan fingerprint density at radius 1 is 1.38 bits per heavy atom. The molecule has 1 aromatic carbocycles. The number of hydroxylamine groups is 1. The number of nitrogens with zero attached hydrogens (tertiary/aromatic N) is 2. The maximum absolute atomic E-state index is 10.9. The van der Waals surface area contributed by atoms with E-state index >= 15 is 0 Å². The monoisotopic (exact) mass is 234 g/mol. The second-order valence-electron chi connectivity index (χ2n) is 3.74. The molecule has 0 aliphatic heterocycles. The molecule has 0 atom stereocenters. The molecule has 0 radical (unpaired) electrons. The summed E-state index contributed by atoms with van der Waals surface area (Å²) < 4.78 is 0.713. The minimum Gasteiger partial charge on any atom is -0.624 e. The quantitative estimate of drug-likeness (QED) is 0.250. The van der Waals surface area contributed by atoms with Crippen molar-refractivity contribution in [1.82, 2.24) is 4.98 Å². The van der Waals surface area contributed by atoms with E-state index in [1.54, 1.807) is 0 Å². The third-order valence-electron chi connectivity index (χ3n) is 2.27. The van der Waals surface area contributed by atoms with Gasteiger partial charge < -0.3 is 5.21 Å². The number of aromatic nitrogens is 1. The Balaban J connectivity index is 2.69. The van der Waals surface area contributed by atoms with Crippen LogP contribution < -0.4 is 0 Å². The number of aryl methyl sites for hydroxylation is 1. The predicted molar refractivity (Wildman–Crippen MR) is 66.2 cm³/mol. The Kier molecular flexibility index (Phi) is 2.79. The first-order valence-corrected chi connectivity index (χ1v) is 5.26. The third-order valence-corrected chi connectivity index (χ3v) is 2.57. The maximum atomic E-state index is 10.9. The Morgan fingerprint density at radius 3 is 2.81 bits per heavy atom. The van der Waals surface area contributed by atoms with Crippen molar-refractivity contribution in [3.63, 3.8) is 0 Å². The molecule has 16 heavy (non-hydrogen) atoms. The topological polar surface area (TPSA) is 39.0 Å². The first-order valence-electron chi connectivity index (χ1n) is 4.88. The zero-order valence-corrected chi connectivity index (χ0v) is 9.82. The fourth-order valence-corrected chi connectivity index (χ4v) is 1.77. The molecule has 82 valence electrons. The molecule has 0 aliphatic rings. The van der Waals surface area contributed by atoms with Gasteiger partial charge in [-0.3, -0.25) is 0 Å². The molecule has 3 nitrogen and oxygen atoms in total. The number of hydrogen-bond acceptors (Lipinski definition) is 2. The Labute approximate surface area is 98.6 Å². The average molecular weight is 235 g/mol. The fourth-order valence-electron chi connectivity index (χ4n) is 1.58. The lowest BCUT2D eigenvalue weighted by molar-refractivity contribution is -0.416. The van der Waals surface area contributed by atoms with Crippen molar-refractivity contribution in [3.8, 4) is 0 Å². The van der Waals surface area contributed by atoms with Crippen molar-refractivity contribution < 1.29 is 4.74 Å². The van der Waals surface area contributed by atoms with E-state index in [4.69, 9.17) is 11.6 Å². The van der Waals surface area contributed by atoms with E-state index in [2.05, 4.69) is 4.98 Å².